The van der Waals surface area contributed by atoms with Crippen molar-refractivity contribution in [3.05, 3.63) is 0 Å². The van der Waals surface area contributed by atoms with Crippen LogP contribution in [0.15, 0.2) is 0 Å². The van der Waals surface area contributed by atoms with Crippen LogP contribution in [0.2, 0.25) is 0 Å². The lowest BCUT2D eigenvalue weighted by atomic mass is 10.3. The maximum absolute atomic E-state index is 11.0. The van der Waals surface area contributed by atoms with Crippen molar-refractivity contribution < 1.29 is 9.59 Å². The Morgan fingerprint density at radius 2 is 1.79 bits per heavy atom. The van der Waals surface area contributed by atoms with E-state index in [-0.39, 0.29) is 11.1 Å². The first-order chi connectivity index (χ1) is 6.59. The second-order valence-corrected chi connectivity index (χ2v) is 3.87. The number of rotatable bonds is 3. The lowest BCUT2D eigenvalue weighted by Gasteiger charge is -2.33. The van der Waals surface area contributed by atoms with Crippen molar-refractivity contribution in [1.82, 2.24) is 9.80 Å². The van der Waals surface area contributed by atoms with Gasteiger partial charge in [0.2, 0.25) is 11.1 Å². The highest BCUT2D eigenvalue weighted by molar-refractivity contribution is 6.63. The third-order valence-electron chi connectivity index (χ3n) is 2.44. The number of halogens is 1. The first-order valence-corrected chi connectivity index (χ1v) is 5.13. The van der Waals surface area contributed by atoms with Crippen molar-refractivity contribution in [3.8, 4) is 0 Å². The molecule has 0 aromatic carbocycles. The minimum atomic E-state index is -0.293. The number of carbonyl (C=O) groups excluding carboxylic acids is 2. The number of piperazine rings is 1. The van der Waals surface area contributed by atoms with Gasteiger partial charge in [0.05, 0.1) is 0 Å². The molecule has 0 aromatic heterocycles. The van der Waals surface area contributed by atoms with E-state index in [9.17, 15) is 9.59 Å². The first-order valence-electron chi connectivity index (χ1n) is 4.76. The lowest BCUT2D eigenvalue weighted by Crippen LogP contribution is -2.48. The van der Waals surface area contributed by atoms with E-state index in [1.54, 1.807) is 6.92 Å². The summed E-state index contributed by atoms with van der Waals surface area (Å²) in [6.07, 6.45) is 0.391. The van der Waals surface area contributed by atoms with Crippen LogP contribution in [0.1, 0.15) is 13.3 Å². The van der Waals surface area contributed by atoms with Crippen molar-refractivity contribution in [1.29, 1.82) is 0 Å². The monoisotopic (exact) mass is 218 g/mol. The molecule has 1 aliphatic rings. The van der Waals surface area contributed by atoms with Gasteiger partial charge in [-0.15, -0.1) is 0 Å². The van der Waals surface area contributed by atoms with Gasteiger partial charge in [-0.25, -0.2) is 0 Å². The largest absolute Gasteiger partial charge is 0.340 e. The van der Waals surface area contributed by atoms with Crippen LogP contribution in [0.3, 0.4) is 0 Å². The standard InChI is InChI=1S/C9H15ClN2O2/c1-8(13)12-6-4-11(5-7-12)3-2-9(10)14/h2-7H2,1H3. The molecule has 5 heteroatoms. The van der Waals surface area contributed by atoms with Gasteiger partial charge < -0.3 is 4.90 Å². The molecule has 0 unspecified atom stereocenters. The van der Waals surface area contributed by atoms with Crippen LogP contribution in [0, 0.1) is 0 Å². The second-order valence-electron chi connectivity index (χ2n) is 3.45. The molecule has 1 aliphatic heterocycles. The van der Waals surface area contributed by atoms with Crippen LogP contribution in [0.5, 0.6) is 0 Å². The van der Waals surface area contributed by atoms with Crippen LogP contribution in [0.25, 0.3) is 0 Å². The van der Waals surface area contributed by atoms with E-state index in [1.807, 2.05) is 4.90 Å². The SMILES string of the molecule is CC(=O)N1CCN(CCC(=O)Cl)CC1. The molecule has 14 heavy (non-hydrogen) atoms. The second kappa shape index (κ2) is 5.32. The Hall–Kier alpha value is -0.610. The quantitative estimate of drug-likeness (QED) is 0.640. The molecule has 0 N–H and O–H groups in total. The molecule has 1 saturated heterocycles. The van der Waals surface area contributed by atoms with Crippen LogP contribution >= 0.6 is 11.6 Å². The van der Waals surface area contributed by atoms with Crippen LogP contribution in [-0.2, 0) is 9.59 Å². The molecule has 1 rings (SSSR count). The number of nitrogens with zero attached hydrogens (tertiary/aromatic N) is 2. The fourth-order valence-electron chi connectivity index (χ4n) is 1.53. The summed E-state index contributed by atoms with van der Waals surface area (Å²) < 4.78 is 0. The van der Waals surface area contributed by atoms with E-state index in [0.29, 0.717) is 13.0 Å². The van der Waals surface area contributed by atoms with Crippen LogP contribution in [-0.4, -0.2) is 53.7 Å². The molecular formula is C9H15ClN2O2. The molecule has 0 saturated carbocycles. The minimum Gasteiger partial charge on any atom is -0.340 e. The predicted molar refractivity (Wildman–Crippen MR) is 54.2 cm³/mol. The van der Waals surface area contributed by atoms with Crippen molar-refractivity contribution >= 4 is 22.8 Å². The normalized spacial score (nSPS) is 18.3. The van der Waals surface area contributed by atoms with Crippen molar-refractivity contribution in [2.75, 3.05) is 32.7 Å². The van der Waals surface area contributed by atoms with Gasteiger partial charge >= 0.3 is 0 Å². The molecule has 4 nitrogen and oxygen atoms in total. The Balaban J connectivity index is 2.22. The molecule has 80 valence electrons. The summed E-state index contributed by atoms with van der Waals surface area (Å²) >= 11 is 5.25. The summed E-state index contributed by atoms with van der Waals surface area (Å²) in [4.78, 5) is 25.5. The summed E-state index contributed by atoms with van der Waals surface area (Å²) in [5.41, 5.74) is 0. The van der Waals surface area contributed by atoms with Crippen LogP contribution < -0.4 is 0 Å². The van der Waals surface area contributed by atoms with E-state index in [4.69, 9.17) is 11.6 Å². The molecule has 0 bridgehead atoms. The van der Waals surface area contributed by atoms with E-state index < -0.39 is 0 Å². The minimum absolute atomic E-state index is 0.123. The first kappa shape index (κ1) is 11.5. The Morgan fingerprint density at radius 1 is 1.21 bits per heavy atom. The number of hydrogen-bond acceptors (Lipinski definition) is 3. The van der Waals surface area contributed by atoms with Crippen molar-refractivity contribution in [3.63, 3.8) is 0 Å². The average molecular weight is 219 g/mol. The smallest absolute Gasteiger partial charge is 0.222 e. The molecule has 0 radical (unpaired) electrons. The highest BCUT2D eigenvalue weighted by Gasteiger charge is 2.18. The molecule has 1 heterocycles. The molecule has 0 spiro atoms. The number of amides is 1. The molecule has 1 fully saturated rings. The van der Waals surface area contributed by atoms with Gasteiger partial charge in [0.25, 0.3) is 0 Å². The average Bonchev–Trinajstić information content (AvgIpc) is 2.15. The Morgan fingerprint density at radius 3 is 2.21 bits per heavy atom. The Kier molecular flexibility index (Phi) is 4.35. The number of hydrogen-bond donors (Lipinski definition) is 0. The fraction of sp³-hybridized carbons (Fsp3) is 0.778. The van der Waals surface area contributed by atoms with Gasteiger partial charge in [-0.05, 0) is 11.6 Å². The lowest BCUT2D eigenvalue weighted by molar-refractivity contribution is -0.130. The maximum Gasteiger partial charge on any atom is 0.222 e. The van der Waals surface area contributed by atoms with Gasteiger partial charge in [-0.1, -0.05) is 0 Å². The Bertz CT molecular complexity index is 225. The van der Waals surface area contributed by atoms with E-state index in [0.717, 1.165) is 26.2 Å². The maximum atomic E-state index is 11.0. The fourth-order valence-corrected chi connectivity index (χ4v) is 1.62. The zero-order valence-electron chi connectivity index (χ0n) is 8.33. The zero-order valence-corrected chi connectivity index (χ0v) is 9.09. The summed E-state index contributed by atoms with van der Waals surface area (Å²) in [5.74, 6) is 0.123. The van der Waals surface area contributed by atoms with Gasteiger partial charge in [-0.3, -0.25) is 14.5 Å². The van der Waals surface area contributed by atoms with Crippen LogP contribution in [0.4, 0.5) is 0 Å². The predicted octanol–water partition coefficient (Wildman–Crippen LogP) is 0.306. The third kappa shape index (κ3) is 3.64. The molecule has 0 atom stereocenters. The molecule has 0 aromatic rings. The summed E-state index contributed by atoms with van der Waals surface area (Å²) in [7, 11) is 0. The van der Waals surface area contributed by atoms with Gasteiger partial charge in [0.1, 0.15) is 0 Å². The van der Waals surface area contributed by atoms with E-state index in [2.05, 4.69) is 4.90 Å². The topological polar surface area (TPSA) is 40.6 Å². The summed E-state index contributed by atoms with van der Waals surface area (Å²) in [6.45, 7) is 5.47. The summed E-state index contributed by atoms with van der Waals surface area (Å²) in [5, 5.41) is -0.293. The van der Waals surface area contributed by atoms with Gasteiger partial charge in [0.15, 0.2) is 0 Å². The highest BCUT2D eigenvalue weighted by Crippen LogP contribution is 2.03. The molecule has 0 aliphatic carbocycles. The molecule has 1 amide bonds. The molecular weight excluding hydrogens is 204 g/mol. The summed E-state index contributed by atoms with van der Waals surface area (Å²) in [6, 6.07) is 0. The number of carbonyl (C=O) groups is 2. The van der Waals surface area contributed by atoms with E-state index >= 15 is 0 Å². The van der Waals surface area contributed by atoms with Crippen molar-refractivity contribution in [2.45, 2.75) is 13.3 Å². The van der Waals surface area contributed by atoms with Gasteiger partial charge in [-0.2, -0.15) is 0 Å². The van der Waals surface area contributed by atoms with Gasteiger partial charge in [0, 0.05) is 46.1 Å². The zero-order chi connectivity index (χ0) is 10.6. The Labute approximate surface area is 88.8 Å². The van der Waals surface area contributed by atoms with E-state index in [1.165, 1.54) is 0 Å². The third-order valence-corrected chi connectivity index (χ3v) is 2.63. The highest BCUT2D eigenvalue weighted by atomic mass is 35.5. The van der Waals surface area contributed by atoms with Crippen molar-refractivity contribution in [2.24, 2.45) is 0 Å².